The summed E-state index contributed by atoms with van der Waals surface area (Å²) in [5.74, 6) is 0.903. The van der Waals surface area contributed by atoms with Gasteiger partial charge >= 0.3 is 0 Å². The number of aliphatic hydroxyl groups is 1. The van der Waals surface area contributed by atoms with Gasteiger partial charge in [-0.25, -0.2) is 0 Å². The number of likely N-dealkylation sites (tertiary alicyclic amines) is 1. The Balaban J connectivity index is 1.66. The standard InChI is InChI=1S/C14H20N2O/c17-14-5-8-16(10-12-1-2-12)13(14)9-11-3-6-15-7-4-11/h3-4,6-7,12-14,17H,1-2,5,8-10H2/t13-,14-/m0/s1. The van der Waals surface area contributed by atoms with Gasteiger partial charge in [-0.05, 0) is 49.3 Å². The molecule has 2 atom stereocenters. The van der Waals surface area contributed by atoms with Crippen LogP contribution in [0.2, 0.25) is 0 Å². The summed E-state index contributed by atoms with van der Waals surface area (Å²) in [5.41, 5.74) is 1.28. The Labute approximate surface area is 102 Å². The molecule has 1 saturated carbocycles. The third-order valence-corrected chi connectivity index (χ3v) is 4.01. The van der Waals surface area contributed by atoms with Crippen LogP contribution in [0.5, 0.6) is 0 Å². The Morgan fingerprint density at radius 3 is 2.71 bits per heavy atom. The fourth-order valence-corrected chi connectivity index (χ4v) is 2.78. The van der Waals surface area contributed by atoms with E-state index in [4.69, 9.17) is 0 Å². The van der Waals surface area contributed by atoms with E-state index in [1.54, 1.807) is 0 Å². The second-order valence-corrected chi connectivity index (χ2v) is 5.42. The second-order valence-electron chi connectivity index (χ2n) is 5.42. The summed E-state index contributed by atoms with van der Waals surface area (Å²) in [6, 6.07) is 4.43. The number of aliphatic hydroxyl groups excluding tert-OH is 1. The van der Waals surface area contributed by atoms with Crippen molar-refractivity contribution in [1.82, 2.24) is 9.88 Å². The molecule has 1 N–H and O–H groups in total. The molecular formula is C14H20N2O. The van der Waals surface area contributed by atoms with Crippen molar-refractivity contribution in [2.24, 2.45) is 5.92 Å². The topological polar surface area (TPSA) is 36.4 Å². The van der Waals surface area contributed by atoms with E-state index in [0.29, 0.717) is 6.04 Å². The van der Waals surface area contributed by atoms with Crippen LogP contribution in [0.25, 0.3) is 0 Å². The maximum atomic E-state index is 10.1. The SMILES string of the molecule is O[C@H]1CCN(CC2CC2)[C@H]1Cc1ccncc1. The molecule has 1 aromatic rings. The van der Waals surface area contributed by atoms with E-state index in [9.17, 15) is 5.11 Å². The van der Waals surface area contributed by atoms with Crippen molar-refractivity contribution in [3.63, 3.8) is 0 Å². The third-order valence-electron chi connectivity index (χ3n) is 4.01. The molecule has 3 rings (SSSR count). The van der Waals surface area contributed by atoms with Crippen LogP contribution in [0.1, 0.15) is 24.8 Å². The molecule has 1 aliphatic heterocycles. The predicted octanol–water partition coefficient (Wildman–Crippen LogP) is 1.47. The van der Waals surface area contributed by atoms with Crippen molar-refractivity contribution in [3.05, 3.63) is 30.1 Å². The van der Waals surface area contributed by atoms with E-state index in [-0.39, 0.29) is 6.10 Å². The average Bonchev–Trinajstić information content (AvgIpc) is 3.10. The lowest BCUT2D eigenvalue weighted by molar-refractivity contribution is 0.113. The number of aromatic nitrogens is 1. The summed E-state index contributed by atoms with van der Waals surface area (Å²) >= 11 is 0. The Hall–Kier alpha value is -0.930. The quantitative estimate of drug-likeness (QED) is 0.854. The molecule has 2 fully saturated rings. The lowest BCUT2D eigenvalue weighted by Gasteiger charge is -2.26. The molecule has 92 valence electrons. The molecule has 0 bridgehead atoms. The third kappa shape index (κ3) is 2.67. The van der Waals surface area contributed by atoms with Crippen molar-refractivity contribution in [2.75, 3.05) is 13.1 Å². The number of nitrogens with zero attached hydrogens (tertiary/aromatic N) is 2. The summed E-state index contributed by atoms with van der Waals surface area (Å²) in [5, 5.41) is 10.1. The molecule has 0 unspecified atom stereocenters. The van der Waals surface area contributed by atoms with Gasteiger partial charge in [-0.1, -0.05) is 0 Å². The highest BCUT2D eigenvalue weighted by Gasteiger charge is 2.35. The van der Waals surface area contributed by atoms with Gasteiger partial charge in [0.25, 0.3) is 0 Å². The lowest BCUT2D eigenvalue weighted by Crippen LogP contribution is -2.38. The smallest absolute Gasteiger partial charge is 0.0710 e. The summed E-state index contributed by atoms with van der Waals surface area (Å²) < 4.78 is 0. The Morgan fingerprint density at radius 1 is 1.24 bits per heavy atom. The van der Waals surface area contributed by atoms with Crippen molar-refractivity contribution in [1.29, 1.82) is 0 Å². The van der Waals surface area contributed by atoms with Gasteiger partial charge in [-0.15, -0.1) is 0 Å². The minimum Gasteiger partial charge on any atom is -0.391 e. The van der Waals surface area contributed by atoms with Crippen LogP contribution in [0.4, 0.5) is 0 Å². The van der Waals surface area contributed by atoms with Gasteiger partial charge in [0.2, 0.25) is 0 Å². The van der Waals surface area contributed by atoms with E-state index in [2.05, 4.69) is 22.0 Å². The maximum absolute atomic E-state index is 10.1. The zero-order valence-electron chi connectivity index (χ0n) is 10.1. The molecule has 2 aliphatic rings. The van der Waals surface area contributed by atoms with Crippen LogP contribution in [-0.2, 0) is 6.42 Å². The fraction of sp³-hybridized carbons (Fsp3) is 0.643. The molecule has 0 amide bonds. The van der Waals surface area contributed by atoms with E-state index in [0.717, 1.165) is 25.3 Å². The molecule has 0 aromatic carbocycles. The van der Waals surface area contributed by atoms with E-state index < -0.39 is 0 Å². The van der Waals surface area contributed by atoms with Crippen LogP contribution < -0.4 is 0 Å². The van der Waals surface area contributed by atoms with Crippen LogP contribution in [-0.4, -0.2) is 40.2 Å². The summed E-state index contributed by atoms with van der Waals surface area (Å²) in [7, 11) is 0. The summed E-state index contributed by atoms with van der Waals surface area (Å²) in [6.07, 6.45) is 8.17. The Bertz CT molecular complexity index is 364. The zero-order valence-corrected chi connectivity index (χ0v) is 10.1. The molecule has 17 heavy (non-hydrogen) atoms. The Kier molecular flexibility index (Phi) is 3.12. The zero-order chi connectivity index (χ0) is 11.7. The first-order valence-corrected chi connectivity index (χ1v) is 6.64. The minimum absolute atomic E-state index is 0.151. The molecular weight excluding hydrogens is 212 g/mol. The highest BCUT2D eigenvalue weighted by molar-refractivity contribution is 5.13. The number of rotatable bonds is 4. The van der Waals surface area contributed by atoms with Crippen LogP contribution in [0, 0.1) is 5.92 Å². The number of pyridine rings is 1. The van der Waals surface area contributed by atoms with Gasteiger partial charge in [0.15, 0.2) is 0 Å². The van der Waals surface area contributed by atoms with Gasteiger partial charge < -0.3 is 5.11 Å². The van der Waals surface area contributed by atoms with Gasteiger partial charge in [0.1, 0.15) is 0 Å². The molecule has 1 aromatic heterocycles. The normalized spacial score (nSPS) is 29.7. The number of hydrogen-bond acceptors (Lipinski definition) is 3. The summed E-state index contributed by atoms with van der Waals surface area (Å²) in [4.78, 5) is 6.53. The second kappa shape index (κ2) is 4.75. The van der Waals surface area contributed by atoms with Crippen molar-refractivity contribution >= 4 is 0 Å². The van der Waals surface area contributed by atoms with Gasteiger partial charge in [-0.3, -0.25) is 9.88 Å². The summed E-state index contributed by atoms with van der Waals surface area (Å²) in [6.45, 7) is 2.25. The molecule has 1 saturated heterocycles. The number of hydrogen-bond donors (Lipinski definition) is 1. The fourth-order valence-electron chi connectivity index (χ4n) is 2.78. The first-order chi connectivity index (χ1) is 8.33. The van der Waals surface area contributed by atoms with E-state index in [1.165, 1.54) is 24.9 Å². The molecule has 2 heterocycles. The molecule has 0 spiro atoms. The van der Waals surface area contributed by atoms with Crippen molar-refractivity contribution < 1.29 is 5.11 Å². The van der Waals surface area contributed by atoms with E-state index in [1.807, 2.05) is 12.4 Å². The van der Waals surface area contributed by atoms with Crippen molar-refractivity contribution in [3.8, 4) is 0 Å². The average molecular weight is 232 g/mol. The van der Waals surface area contributed by atoms with Gasteiger partial charge in [0, 0.05) is 31.5 Å². The maximum Gasteiger partial charge on any atom is 0.0710 e. The lowest BCUT2D eigenvalue weighted by atomic mass is 10.0. The van der Waals surface area contributed by atoms with Crippen LogP contribution in [0.15, 0.2) is 24.5 Å². The molecule has 3 heteroatoms. The van der Waals surface area contributed by atoms with Crippen LogP contribution >= 0.6 is 0 Å². The van der Waals surface area contributed by atoms with Crippen LogP contribution in [0.3, 0.4) is 0 Å². The molecule has 3 nitrogen and oxygen atoms in total. The first-order valence-electron chi connectivity index (χ1n) is 6.64. The largest absolute Gasteiger partial charge is 0.391 e. The molecule has 1 aliphatic carbocycles. The highest BCUT2D eigenvalue weighted by atomic mass is 16.3. The predicted molar refractivity (Wildman–Crippen MR) is 66.6 cm³/mol. The van der Waals surface area contributed by atoms with Gasteiger partial charge in [0.05, 0.1) is 6.10 Å². The monoisotopic (exact) mass is 232 g/mol. The first kappa shape index (κ1) is 11.2. The molecule has 0 radical (unpaired) electrons. The van der Waals surface area contributed by atoms with Gasteiger partial charge in [-0.2, -0.15) is 0 Å². The minimum atomic E-state index is -0.151. The highest BCUT2D eigenvalue weighted by Crippen LogP contribution is 2.33. The Morgan fingerprint density at radius 2 is 2.00 bits per heavy atom. The van der Waals surface area contributed by atoms with Crippen molar-refractivity contribution in [2.45, 2.75) is 37.8 Å². The van der Waals surface area contributed by atoms with E-state index >= 15 is 0 Å².